The average molecular weight is 384 g/mol. The van der Waals surface area contributed by atoms with Crippen molar-refractivity contribution < 1.29 is 9.53 Å². The minimum absolute atomic E-state index is 0.193. The van der Waals surface area contributed by atoms with Crippen molar-refractivity contribution in [1.29, 1.82) is 0 Å². The molecule has 0 unspecified atom stereocenters. The Labute approximate surface area is 160 Å². The van der Waals surface area contributed by atoms with Gasteiger partial charge in [0, 0.05) is 12.4 Å². The molecule has 0 atom stereocenters. The summed E-state index contributed by atoms with van der Waals surface area (Å²) in [5, 5.41) is 16.7. The molecule has 27 heavy (non-hydrogen) atoms. The van der Waals surface area contributed by atoms with E-state index in [4.69, 9.17) is 4.74 Å². The fourth-order valence-corrected chi connectivity index (χ4v) is 3.90. The summed E-state index contributed by atoms with van der Waals surface area (Å²) in [7, 11) is 0. The molecule has 0 spiro atoms. The monoisotopic (exact) mass is 384 g/mol. The van der Waals surface area contributed by atoms with Crippen LogP contribution in [0.1, 0.15) is 37.3 Å². The van der Waals surface area contributed by atoms with Crippen molar-refractivity contribution in [2.75, 3.05) is 5.75 Å². The number of carbonyl (C=O) groups is 1. The molecule has 1 fully saturated rings. The van der Waals surface area contributed by atoms with E-state index in [1.807, 2.05) is 41.2 Å². The quantitative estimate of drug-likeness (QED) is 0.457. The van der Waals surface area contributed by atoms with Crippen LogP contribution in [0.25, 0.3) is 5.69 Å². The maximum atomic E-state index is 12.1. The number of esters is 1. The molecule has 4 rings (SSSR count). The van der Waals surface area contributed by atoms with Gasteiger partial charge in [-0.05, 0) is 47.0 Å². The van der Waals surface area contributed by atoms with Crippen molar-refractivity contribution >= 4 is 17.7 Å². The molecule has 9 heteroatoms. The fraction of sp³-hybridized carbons (Fsp3) is 0.389. The van der Waals surface area contributed by atoms with E-state index in [-0.39, 0.29) is 18.3 Å². The minimum atomic E-state index is -0.280. The summed E-state index contributed by atoms with van der Waals surface area (Å²) in [5.74, 6) is -0.0875. The Hall–Kier alpha value is -2.68. The molecule has 1 aromatic carbocycles. The highest BCUT2D eigenvalue weighted by Crippen LogP contribution is 2.31. The zero-order valence-corrected chi connectivity index (χ0v) is 15.6. The molecular weight excluding hydrogens is 364 g/mol. The molecule has 2 aromatic heterocycles. The van der Waals surface area contributed by atoms with Crippen molar-refractivity contribution in [1.82, 2.24) is 30.0 Å². The van der Waals surface area contributed by atoms with Crippen LogP contribution < -0.4 is 0 Å². The highest BCUT2D eigenvalue weighted by atomic mass is 32.2. The Morgan fingerprint density at radius 2 is 2.04 bits per heavy atom. The maximum Gasteiger partial charge on any atom is 0.316 e. The van der Waals surface area contributed by atoms with E-state index in [1.165, 1.54) is 24.6 Å². The van der Waals surface area contributed by atoms with Gasteiger partial charge in [-0.15, -0.1) is 5.10 Å². The number of tetrazole rings is 1. The van der Waals surface area contributed by atoms with Crippen LogP contribution in [0.5, 0.6) is 0 Å². The summed E-state index contributed by atoms with van der Waals surface area (Å²) in [4.78, 5) is 12.1. The van der Waals surface area contributed by atoms with Crippen molar-refractivity contribution in [2.45, 2.75) is 43.5 Å². The number of ether oxygens (including phenoxy) is 1. The molecule has 140 valence electrons. The van der Waals surface area contributed by atoms with E-state index >= 15 is 0 Å². The van der Waals surface area contributed by atoms with E-state index in [0.717, 1.165) is 24.1 Å². The lowest BCUT2D eigenvalue weighted by Crippen LogP contribution is -2.11. The Morgan fingerprint density at radius 3 is 2.78 bits per heavy atom. The van der Waals surface area contributed by atoms with Crippen LogP contribution in [0, 0.1) is 0 Å². The standard InChI is InChI=1S/C18H20N6O2S/c25-17(13-27-18-20-21-22-24(18)16-4-1-2-5-16)26-12-14-6-8-15(9-7-14)23-11-3-10-19-23/h3,6-11,16H,1-2,4-5,12-13H2. The highest BCUT2D eigenvalue weighted by molar-refractivity contribution is 7.99. The zero-order chi connectivity index (χ0) is 18.5. The van der Waals surface area contributed by atoms with Crippen LogP contribution in [0.3, 0.4) is 0 Å². The molecule has 0 N–H and O–H groups in total. The molecule has 2 heterocycles. The van der Waals surface area contributed by atoms with Gasteiger partial charge in [0.2, 0.25) is 5.16 Å². The number of benzene rings is 1. The molecule has 1 saturated carbocycles. The largest absolute Gasteiger partial charge is 0.460 e. The Kier molecular flexibility index (Phi) is 5.47. The number of hydrogen-bond acceptors (Lipinski definition) is 7. The van der Waals surface area contributed by atoms with Gasteiger partial charge in [0.15, 0.2) is 0 Å². The first-order chi connectivity index (χ1) is 13.3. The van der Waals surface area contributed by atoms with Gasteiger partial charge in [-0.1, -0.05) is 36.7 Å². The predicted octanol–water partition coefficient (Wildman–Crippen LogP) is 2.81. The van der Waals surface area contributed by atoms with E-state index in [9.17, 15) is 4.79 Å². The van der Waals surface area contributed by atoms with Crippen molar-refractivity contribution in [3.8, 4) is 5.69 Å². The number of thioether (sulfide) groups is 1. The van der Waals surface area contributed by atoms with Crippen LogP contribution in [0.15, 0.2) is 47.9 Å². The molecule has 0 saturated heterocycles. The highest BCUT2D eigenvalue weighted by Gasteiger charge is 2.22. The second-order valence-corrected chi connectivity index (χ2v) is 7.35. The van der Waals surface area contributed by atoms with Crippen LogP contribution in [-0.2, 0) is 16.1 Å². The molecule has 3 aromatic rings. The lowest BCUT2D eigenvalue weighted by molar-refractivity contribution is -0.141. The van der Waals surface area contributed by atoms with E-state index in [2.05, 4.69) is 20.6 Å². The van der Waals surface area contributed by atoms with Crippen LogP contribution in [0.4, 0.5) is 0 Å². The lowest BCUT2D eigenvalue weighted by atomic mass is 10.2. The number of nitrogens with zero attached hydrogens (tertiary/aromatic N) is 6. The van der Waals surface area contributed by atoms with Gasteiger partial charge in [-0.25, -0.2) is 9.36 Å². The van der Waals surface area contributed by atoms with Crippen molar-refractivity contribution in [2.24, 2.45) is 0 Å². The Morgan fingerprint density at radius 1 is 1.22 bits per heavy atom. The van der Waals surface area contributed by atoms with Crippen LogP contribution >= 0.6 is 11.8 Å². The summed E-state index contributed by atoms with van der Waals surface area (Å²) in [6, 6.07) is 9.97. The van der Waals surface area contributed by atoms with Gasteiger partial charge >= 0.3 is 5.97 Å². The summed E-state index contributed by atoms with van der Waals surface area (Å²) in [5.41, 5.74) is 1.89. The molecule has 1 aliphatic rings. The lowest BCUT2D eigenvalue weighted by Gasteiger charge is -2.10. The summed E-state index contributed by atoms with van der Waals surface area (Å²) >= 11 is 1.33. The van der Waals surface area contributed by atoms with E-state index in [1.54, 1.807) is 10.9 Å². The normalized spacial score (nSPS) is 14.5. The van der Waals surface area contributed by atoms with Crippen molar-refractivity contribution in [3.05, 3.63) is 48.3 Å². The molecule has 0 aliphatic heterocycles. The smallest absolute Gasteiger partial charge is 0.316 e. The first-order valence-corrected chi connectivity index (χ1v) is 9.93. The molecule has 0 bridgehead atoms. The first kappa shape index (κ1) is 17.7. The summed E-state index contributed by atoms with van der Waals surface area (Å²) in [6.45, 7) is 0.242. The second kappa shape index (κ2) is 8.34. The van der Waals surface area contributed by atoms with Gasteiger partial charge < -0.3 is 4.74 Å². The minimum Gasteiger partial charge on any atom is -0.460 e. The van der Waals surface area contributed by atoms with Gasteiger partial charge in [0.25, 0.3) is 0 Å². The summed E-state index contributed by atoms with van der Waals surface area (Å²) in [6.07, 6.45) is 8.21. The van der Waals surface area contributed by atoms with E-state index < -0.39 is 0 Å². The van der Waals surface area contributed by atoms with Gasteiger partial charge in [-0.3, -0.25) is 4.79 Å². The predicted molar refractivity (Wildman–Crippen MR) is 99.4 cm³/mol. The third kappa shape index (κ3) is 4.36. The number of rotatable bonds is 7. The average Bonchev–Trinajstić information content (AvgIpc) is 3.47. The Balaban J connectivity index is 1.26. The van der Waals surface area contributed by atoms with Crippen LogP contribution in [0.2, 0.25) is 0 Å². The first-order valence-electron chi connectivity index (χ1n) is 8.95. The van der Waals surface area contributed by atoms with Gasteiger partial charge in [0.05, 0.1) is 17.5 Å². The third-order valence-corrected chi connectivity index (χ3v) is 5.46. The number of aromatic nitrogens is 6. The molecule has 1 aliphatic carbocycles. The third-order valence-electron chi connectivity index (χ3n) is 4.56. The maximum absolute atomic E-state index is 12.1. The number of carbonyl (C=O) groups excluding carboxylic acids is 1. The van der Waals surface area contributed by atoms with Gasteiger partial charge in [-0.2, -0.15) is 5.10 Å². The molecule has 8 nitrogen and oxygen atoms in total. The Bertz CT molecular complexity index is 872. The van der Waals surface area contributed by atoms with Crippen LogP contribution in [-0.4, -0.2) is 41.7 Å². The molecular formula is C18H20N6O2S. The van der Waals surface area contributed by atoms with Gasteiger partial charge in [0.1, 0.15) is 6.61 Å². The molecule has 0 radical (unpaired) electrons. The second-order valence-electron chi connectivity index (χ2n) is 6.41. The topological polar surface area (TPSA) is 87.7 Å². The molecule has 0 amide bonds. The summed E-state index contributed by atoms with van der Waals surface area (Å²) < 4.78 is 8.99. The fourth-order valence-electron chi connectivity index (χ4n) is 3.15. The zero-order valence-electron chi connectivity index (χ0n) is 14.8. The SMILES string of the molecule is O=C(CSc1nnnn1C1CCCC1)OCc1ccc(-n2cccn2)cc1. The van der Waals surface area contributed by atoms with Crippen molar-refractivity contribution in [3.63, 3.8) is 0 Å². The number of hydrogen-bond donors (Lipinski definition) is 0. The van der Waals surface area contributed by atoms with E-state index in [0.29, 0.717) is 11.2 Å².